The van der Waals surface area contributed by atoms with E-state index in [0.29, 0.717) is 29.9 Å². The molecule has 0 bridgehead atoms. The fourth-order valence-corrected chi connectivity index (χ4v) is 3.19. The molecule has 0 aliphatic carbocycles. The van der Waals surface area contributed by atoms with Crippen LogP contribution < -0.4 is 16.2 Å². The fourth-order valence-electron chi connectivity index (χ4n) is 3.19. The second-order valence-electron chi connectivity index (χ2n) is 6.74. The van der Waals surface area contributed by atoms with Crippen LogP contribution in [0, 0.1) is 11.5 Å². The van der Waals surface area contributed by atoms with E-state index in [-0.39, 0.29) is 23.1 Å². The number of aliphatic imine (C=N–C) groups is 1. The number of likely N-dealkylation sites (tertiary alicyclic amines) is 1. The molecule has 1 fully saturated rings. The highest BCUT2D eigenvalue weighted by molar-refractivity contribution is 6.18. The highest BCUT2D eigenvalue weighted by Gasteiger charge is 2.20. The molecular weight excluding hydrogens is 366 g/mol. The molecule has 1 aliphatic heterocycles. The molecule has 1 heterocycles. The minimum atomic E-state index is -0.140. The van der Waals surface area contributed by atoms with Gasteiger partial charge in [-0.25, -0.2) is 0 Å². The van der Waals surface area contributed by atoms with Crippen molar-refractivity contribution in [2.75, 3.05) is 13.1 Å². The van der Waals surface area contributed by atoms with Gasteiger partial charge in [0.25, 0.3) is 0 Å². The summed E-state index contributed by atoms with van der Waals surface area (Å²) >= 11 is 0. The van der Waals surface area contributed by atoms with Crippen LogP contribution in [0.15, 0.2) is 65.2 Å². The molecule has 148 valence electrons. The summed E-state index contributed by atoms with van der Waals surface area (Å²) in [5.74, 6) is 1.37. The quantitative estimate of drug-likeness (QED) is 0.258. The Balaban J connectivity index is 1.84. The molecule has 29 heavy (non-hydrogen) atoms. The molecule has 0 radical (unpaired) electrons. The monoisotopic (exact) mass is 389 g/mol. The predicted molar refractivity (Wildman–Crippen MR) is 112 cm³/mol. The molecule has 0 aromatic heterocycles. The van der Waals surface area contributed by atoms with Crippen molar-refractivity contribution < 1.29 is 9.53 Å². The second-order valence-corrected chi connectivity index (χ2v) is 6.74. The summed E-state index contributed by atoms with van der Waals surface area (Å²) in [6.45, 7) is 1.21. The number of ether oxygens (including phenoxy) is 1. The van der Waals surface area contributed by atoms with Gasteiger partial charge in [0.05, 0.1) is 23.9 Å². The number of carbonyl (C=O) groups excluding carboxylic acids is 1. The van der Waals surface area contributed by atoms with E-state index >= 15 is 0 Å². The van der Waals surface area contributed by atoms with E-state index in [4.69, 9.17) is 21.5 Å². The summed E-state index contributed by atoms with van der Waals surface area (Å²) in [5, 5.41) is 9.07. The van der Waals surface area contributed by atoms with Gasteiger partial charge in [-0.1, -0.05) is 30.3 Å². The Hall–Kier alpha value is -3.79. The topological polar surface area (TPSA) is 118 Å². The minimum absolute atomic E-state index is 0.0803. The molecule has 0 spiro atoms. The Bertz CT molecular complexity index is 963. The molecular formula is C22H23N5O2. The van der Waals surface area contributed by atoms with Gasteiger partial charge in [0, 0.05) is 12.1 Å². The number of aldehydes is 1. The van der Waals surface area contributed by atoms with E-state index in [1.807, 2.05) is 30.3 Å². The van der Waals surface area contributed by atoms with Crippen LogP contribution in [0.4, 0.5) is 0 Å². The van der Waals surface area contributed by atoms with E-state index in [9.17, 15) is 4.79 Å². The zero-order chi connectivity index (χ0) is 20.6. The standard InChI is InChI=1S/C22H23N5O2/c23-15-27-11-5-7-17(13-27)26-22(25)20(14-28)21(24)16-6-4-10-19(12-16)29-18-8-2-1-3-9-18/h1-4,6,8-10,12,14,17H,5,7,11,13,24H2,(H2,25,26). The lowest BCUT2D eigenvalue weighted by Crippen LogP contribution is -2.35. The van der Waals surface area contributed by atoms with E-state index in [1.54, 1.807) is 29.2 Å². The number of nitrogens with zero attached hydrogens (tertiary/aromatic N) is 3. The van der Waals surface area contributed by atoms with Crippen molar-refractivity contribution in [3.8, 4) is 17.7 Å². The first-order valence-corrected chi connectivity index (χ1v) is 9.37. The second kappa shape index (κ2) is 9.42. The van der Waals surface area contributed by atoms with Crippen LogP contribution in [0.1, 0.15) is 18.4 Å². The maximum atomic E-state index is 11.7. The van der Waals surface area contributed by atoms with Crippen molar-refractivity contribution in [2.24, 2.45) is 16.5 Å². The van der Waals surface area contributed by atoms with E-state index < -0.39 is 0 Å². The normalized spacial score (nSPS) is 17.8. The van der Waals surface area contributed by atoms with Crippen molar-refractivity contribution in [3.63, 3.8) is 0 Å². The molecule has 7 heteroatoms. The third-order valence-electron chi connectivity index (χ3n) is 4.67. The fraction of sp³-hybridized carbons (Fsp3) is 0.227. The van der Waals surface area contributed by atoms with Gasteiger partial charge < -0.3 is 21.1 Å². The van der Waals surface area contributed by atoms with Gasteiger partial charge in [-0.05, 0) is 37.1 Å². The number of para-hydroxylation sites is 1. The van der Waals surface area contributed by atoms with Gasteiger partial charge in [-0.2, -0.15) is 5.26 Å². The number of nitriles is 1. The Morgan fingerprint density at radius 3 is 2.66 bits per heavy atom. The number of benzene rings is 2. The van der Waals surface area contributed by atoms with Crippen LogP contribution in [0.3, 0.4) is 0 Å². The van der Waals surface area contributed by atoms with Crippen LogP contribution in [-0.4, -0.2) is 36.2 Å². The van der Waals surface area contributed by atoms with Crippen molar-refractivity contribution in [1.29, 1.82) is 5.26 Å². The van der Waals surface area contributed by atoms with Gasteiger partial charge in [-0.3, -0.25) is 9.79 Å². The largest absolute Gasteiger partial charge is 0.457 e. The molecule has 7 nitrogen and oxygen atoms in total. The van der Waals surface area contributed by atoms with Crippen LogP contribution >= 0.6 is 0 Å². The lowest BCUT2D eigenvalue weighted by Gasteiger charge is -2.26. The highest BCUT2D eigenvalue weighted by atomic mass is 16.5. The molecule has 0 amide bonds. The van der Waals surface area contributed by atoms with Crippen LogP contribution in [0.25, 0.3) is 5.70 Å². The highest BCUT2D eigenvalue weighted by Crippen LogP contribution is 2.24. The summed E-state index contributed by atoms with van der Waals surface area (Å²) in [6, 6.07) is 16.4. The van der Waals surface area contributed by atoms with E-state index in [1.165, 1.54) is 0 Å². The summed E-state index contributed by atoms with van der Waals surface area (Å²) < 4.78 is 5.82. The van der Waals surface area contributed by atoms with Gasteiger partial charge in [0.1, 0.15) is 17.3 Å². The number of hydrogen-bond donors (Lipinski definition) is 2. The molecule has 3 rings (SSSR count). The lowest BCUT2D eigenvalue weighted by atomic mass is 10.0. The molecule has 4 N–H and O–H groups in total. The Kier molecular flexibility index (Phi) is 6.48. The van der Waals surface area contributed by atoms with Crippen molar-refractivity contribution in [1.82, 2.24) is 4.90 Å². The number of carbonyl (C=O) groups is 1. The molecule has 1 aliphatic rings. The number of rotatable bonds is 6. The maximum absolute atomic E-state index is 11.7. The minimum Gasteiger partial charge on any atom is -0.457 e. The average Bonchev–Trinajstić information content (AvgIpc) is 2.75. The molecule has 0 saturated carbocycles. The van der Waals surface area contributed by atoms with Crippen molar-refractivity contribution in [3.05, 3.63) is 65.7 Å². The molecule has 1 atom stereocenters. The lowest BCUT2D eigenvalue weighted by molar-refractivity contribution is -0.104. The van der Waals surface area contributed by atoms with Gasteiger partial charge in [0.15, 0.2) is 12.5 Å². The molecule has 1 saturated heterocycles. The Morgan fingerprint density at radius 2 is 1.93 bits per heavy atom. The number of piperidine rings is 1. The SMILES string of the molecule is N#CN1CCCC(N=C(N)C(C=O)=C(N)c2cccc(Oc3ccccc3)c2)C1. The van der Waals surface area contributed by atoms with Gasteiger partial charge >= 0.3 is 0 Å². The van der Waals surface area contributed by atoms with E-state index in [2.05, 4.69) is 11.2 Å². The Morgan fingerprint density at radius 1 is 1.17 bits per heavy atom. The summed E-state index contributed by atoms with van der Waals surface area (Å²) in [5.41, 5.74) is 13.3. The first-order chi connectivity index (χ1) is 14.1. The van der Waals surface area contributed by atoms with Crippen LogP contribution in [-0.2, 0) is 4.79 Å². The average molecular weight is 389 g/mol. The third-order valence-corrected chi connectivity index (χ3v) is 4.67. The third kappa shape index (κ3) is 5.14. The molecule has 1 unspecified atom stereocenters. The molecule has 2 aromatic rings. The van der Waals surface area contributed by atoms with Gasteiger partial charge in [0.2, 0.25) is 0 Å². The van der Waals surface area contributed by atoms with Crippen LogP contribution in [0.2, 0.25) is 0 Å². The number of amidine groups is 1. The number of nitrogens with two attached hydrogens (primary N) is 2. The van der Waals surface area contributed by atoms with Crippen LogP contribution in [0.5, 0.6) is 11.5 Å². The maximum Gasteiger partial charge on any atom is 0.179 e. The Labute approximate surface area is 169 Å². The first kappa shape index (κ1) is 20.0. The first-order valence-electron chi connectivity index (χ1n) is 9.37. The summed E-state index contributed by atoms with van der Waals surface area (Å²) in [7, 11) is 0. The summed E-state index contributed by atoms with van der Waals surface area (Å²) in [6.07, 6.45) is 4.40. The zero-order valence-electron chi connectivity index (χ0n) is 16.0. The summed E-state index contributed by atoms with van der Waals surface area (Å²) in [4.78, 5) is 17.8. The van der Waals surface area contributed by atoms with Crippen molar-refractivity contribution >= 4 is 17.8 Å². The zero-order valence-corrected chi connectivity index (χ0v) is 16.0. The number of hydrogen-bond acceptors (Lipinski definition) is 6. The van der Waals surface area contributed by atoms with Gasteiger partial charge in [-0.15, -0.1) is 0 Å². The van der Waals surface area contributed by atoms with Crippen molar-refractivity contribution in [2.45, 2.75) is 18.9 Å². The van der Waals surface area contributed by atoms with E-state index in [0.717, 1.165) is 19.4 Å². The molecule has 2 aromatic carbocycles. The smallest absolute Gasteiger partial charge is 0.179 e. The predicted octanol–water partition coefficient (Wildman–Crippen LogP) is 2.65.